The number of aromatic nitrogens is 1. The van der Waals surface area contributed by atoms with Crippen molar-refractivity contribution < 1.29 is 5.11 Å². The van der Waals surface area contributed by atoms with E-state index < -0.39 is 0 Å². The van der Waals surface area contributed by atoms with E-state index in [0.717, 1.165) is 44.1 Å². The quantitative estimate of drug-likeness (QED) is 0.938. The molecule has 0 amide bonds. The molecule has 1 N–H and O–H groups in total. The summed E-state index contributed by atoms with van der Waals surface area (Å²) >= 11 is 0. The zero-order chi connectivity index (χ0) is 15.4. The van der Waals surface area contributed by atoms with Gasteiger partial charge in [-0.1, -0.05) is 12.1 Å². The van der Waals surface area contributed by atoms with Gasteiger partial charge in [-0.25, -0.2) is 4.98 Å². The molecule has 0 bridgehead atoms. The second-order valence-electron chi connectivity index (χ2n) is 5.42. The Kier molecular flexibility index (Phi) is 4.22. The fourth-order valence-corrected chi connectivity index (χ4v) is 2.77. The molecule has 0 aliphatic carbocycles. The van der Waals surface area contributed by atoms with Gasteiger partial charge in [0.25, 0.3) is 0 Å². The lowest BCUT2D eigenvalue weighted by molar-refractivity contribution is 0.249. The van der Waals surface area contributed by atoms with Crippen molar-refractivity contribution in [1.29, 1.82) is 5.26 Å². The number of phenolic OH excluding ortho intramolecular Hbond substituents is 1. The molecular weight excluding hydrogens is 276 g/mol. The summed E-state index contributed by atoms with van der Waals surface area (Å²) in [6.45, 7) is 4.36. The molecule has 1 aromatic carbocycles. The Morgan fingerprint density at radius 3 is 2.68 bits per heavy atom. The van der Waals surface area contributed by atoms with E-state index in [4.69, 9.17) is 0 Å². The van der Waals surface area contributed by atoms with Crippen molar-refractivity contribution >= 4 is 5.82 Å². The first-order valence-electron chi connectivity index (χ1n) is 7.36. The third-order valence-electron chi connectivity index (χ3n) is 3.90. The van der Waals surface area contributed by atoms with Gasteiger partial charge in [0.15, 0.2) is 0 Å². The van der Waals surface area contributed by atoms with Crippen LogP contribution in [0.15, 0.2) is 42.6 Å². The van der Waals surface area contributed by atoms with E-state index in [1.807, 2.05) is 12.1 Å². The van der Waals surface area contributed by atoms with Crippen molar-refractivity contribution in [3.63, 3.8) is 0 Å². The van der Waals surface area contributed by atoms with Crippen LogP contribution in [0.25, 0.3) is 0 Å². The summed E-state index contributed by atoms with van der Waals surface area (Å²) in [7, 11) is 0. The normalized spacial score (nSPS) is 15.5. The maximum absolute atomic E-state index is 9.53. The number of hydrogen-bond acceptors (Lipinski definition) is 5. The fourth-order valence-electron chi connectivity index (χ4n) is 2.77. The Morgan fingerprint density at radius 1 is 1.14 bits per heavy atom. The second-order valence-corrected chi connectivity index (χ2v) is 5.42. The third-order valence-corrected chi connectivity index (χ3v) is 3.90. The Balaban J connectivity index is 1.62. The van der Waals surface area contributed by atoms with Crippen molar-refractivity contribution in [2.45, 2.75) is 6.54 Å². The summed E-state index contributed by atoms with van der Waals surface area (Å²) in [5.41, 5.74) is 1.74. The van der Waals surface area contributed by atoms with Crippen LogP contribution < -0.4 is 4.90 Å². The van der Waals surface area contributed by atoms with Gasteiger partial charge >= 0.3 is 0 Å². The lowest BCUT2D eigenvalue weighted by Gasteiger charge is -2.35. The van der Waals surface area contributed by atoms with Crippen molar-refractivity contribution in [2.75, 3.05) is 31.1 Å². The smallest absolute Gasteiger partial charge is 0.146 e. The number of nitriles is 1. The van der Waals surface area contributed by atoms with Crippen LogP contribution in [0.1, 0.15) is 11.1 Å². The molecule has 0 radical (unpaired) electrons. The van der Waals surface area contributed by atoms with Gasteiger partial charge in [-0.2, -0.15) is 5.26 Å². The Hall–Kier alpha value is -2.58. The van der Waals surface area contributed by atoms with E-state index in [-0.39, 0.29) is 0 Å². The molecule has 1 aromatic heterocycles. The van der Waals surface area contributed by atoms with Crippen LogP contribution >= 0.6 is 0 Å². The number of anilines is 1. The Labute approximate surface area is 130 Å². The second kappa shape index (κ2) is 6.46. The first kappa shape index (κ1) is 14.4. The van der Waals surface area contributed by atoms with Gasteiger partial charge < -0.3 is 10.0 Å². The summed E-state index contributed by atoms with van der Waals surface area (Å²) in [5.74, 6) is 1.09. The molecule has 0 atom stereocenters. The average molecular weight is 294 g/mol. The molecule has 1 aliphatic rings. The van der Waals surface area contributed by atoms with E-state index in [1.54, 1.807) is 30.5 Å². The predicted octanol–water partition coefficient (Wildman–Crippen LogP) is 1.98. The van der Waals surface area contributed by atoms with E-state index in [1.165, 1.54) is 0 Å². The number of benzene rings is 1. The van der Waals surface area contributed by atoms with E-state index in [0.29, 0.717) is 11.3 Å². The summed E-state index contributed by atoms with van der Waals surface area (Å²) in [4.78, 5) is 8.86. The van der Waals surface area contributed by atoms with Gasteiger partial charge in [-0.3, -0.25) is 4.90 Å². The first-order valence-corrected chi connectivity index (χ1v) is 7.36. The zero-order valence-electron chi connectivity index (χ0n) is 12.3. The fraction of sp³-hybridized carbons (Fsp3) is 0.294. The largest absolute Gasteiger partial charge is 0.508 e. The molecule has 5 nitrogen and oxygen atoms in total. The molecule has 1 saturated heterocycles. The number of aromatic hydroxyl groups is 1. The van der Waals surface area contributed by atoms with Crippen LogP contribution in [0.4, 0.5) is 5.82 Å². The molecule has 0 spiro atoms. The number of phenols is 1. The highest BCUT2D eigenvalue weighted by Gasteiger charge is 2.20. The van der Waals surface area contributed by atoms with Crippen molar-refractivity contribution in [2.24, 2.45) is 0 Å². The van der Waals surface area contributed by atoms with Gasteiger partial charge in [0, 0.05) is 38.9 Å². The molecule has 22 heavy (non-hydrogen) atoms. The van der Waals surface area contributed by atoms with Crippen molar-refractivity contribution in [3.8, 4) is 11.8 Å². The first-order chi connectivity index (χ1) is 10.8. The minimum Gasteiger partial charge on any atom is -0.508 e. The molecule has 1 fully saturated rings. The number of rotatable bonds is 3. The third kappa shape index (κ3) is 3.18. The molecule has 2 aromatic rings. The van der Waals surface area contributed by atoms with Crippen LogP contribution in [0.5, 0.6) is 5.75 Å². The van der Waals surface area contributed by atoms with E-state index in [2.05, 4.69) is 20.9 Å². The van der Waals surface area contributed by atoms with E-state index >= 15 is 0 Å². The number of piperazine rings is 1. The molecule has 3 rings (SSSR count). The average Bonchev–Trinajstić information content (AvgIpc) is 2.56. The highest BCUT2D eigenvalue weighted by atomic mass is 16.3. The molecule has 0 unspecified atom stereocenters. The lowest BCUT2D eigenvalue weighted by Crippen LogP contribution is -2.46. The molecule has 5 heteroatoms. The highest BCUT2D eigenvalue weighted by Crippen LogP contribution is 2.19. The number of nitrogens with zero attached hydrogens (tertiary/aromatic N) is 4. The van der Waals surface area contributed by atoms with Gasteiger partial charge in [0.2, 0.25) is 0 Å². The Bertz CT molecular complexity index is 687. The molecule has 112 valence electrons. The minimum absolute atomic E-state index is 0.309. The van der Waals surface area contributed by atoms with Crippen LogP contribution in [0.3, 0.4) is 0 Å². The van der Waals surface area contributed by atoms with Crippen LogP contribution in [-0.2, 0) is 6.54 Å². The van der Waals surface area contributed by atoms with Gasteiger partial charge in [0.05, 0.1) is 5.56 Å². The summed E-state index contributed by atoms with van der Waals surface area (Å²) in [6, 6.07) is 13.2. The molecular formula is C17H18N4O. The monoisotopic (exact) mass is 294 g/mol. The predicted molar refractivity (Wildman–Crippen MR) is 84.5 cm³/mol. The summed E-state index contributed by atoms with van der Waals surface area (Å²) in [6.07, 6.45) is 1.73. The lowest BCUT2D eigenvalue weighted by atomic mass is 10.2. The van der Waals surface area contributed by atoms with Gasteiger partial charge in [0.1, 0.15) is 17.6 Å². The summed E-state index contributed by atoms with van der Waals surface area (Å²) in [5, 5.41) is 18.7. The van der Waals surface area contributed by atoms with Crippen molar-refractivity contribution in [1.82, 2.24) is 9.88 Å². The number of pyridine rings is 1. The molecule has 0 saturated carbocycles. The van der Waals surface area contributed by atoms with Crippen molar-refractivity contribution in [3.05, 3.63) is 53.7 Å². The minimum atomic E-state index is 0.309. The van der Waals surface area contributed by atoms with Crippen LogP contribution in [0.2, 0.25) is 0 Å². The zero-order valence-corrected chi connectivity index (χ0v) is 12.3. The standard InChI is InChI=1S/C17H18N4O/c18-12-15-4-2-6-19-17(15)21-9-7-20(8-10-21)13-14-3-1-5-16(22)11-14/h1-6,11,22H,7-10,13H2. The van der Waals surface area contributed by atoms with E-state index in [9.17, 15) is 10.4 Å². The Morgan fingerprint density at radius 2 is 1.95 bits per heavy atom. The van der Waals surface area contributed by atoms with Gasteiger partial charge in [-0.05, 0) is 29.8 Å². The molecule has 2 heterocycles. The molecule has 1 aliphatic heterocycles. The maximum atomic E-state index is 9.53. The summed E-state index contributed by atoms with van der Waals surface area (Å²) < 4.78 is 0. The number of hydrogen-bond donors (Lipinski definition) is 1. The highest BCUT2D eigenvalue weighted by molar-refractivity contribution is 5.53. The SMILES string of the molecule is N#Cc1cccnc1N1CCN(Cc2cccc(O)c2)CC1. The topological polar surface area (TPSA) is 63.4 Å². The van der Waals surface area contributed by atoms with Gasteiger partial charge in [-0.15, -0.1) is 0 Å². The maximum Gasteiger partial charge on any atom is 0.146 e. The van der Waals surface area contributed by atoms with Crippen LogP contribution in [-0.4, -0.2) is 41.2 Å². The van der Waals surface area contributed by atoms with Crippen LogP contribution in [0, 0.1) is 11.3 Å².